The molecule has 0 saturated carbocycles. The summed E-state index contributed by atoms with van der Waals surface area (Å²) in [4.78, 5) is 8.49. The second kappa shape index (κ2) is 4.52. The molecule has 3 rings (SSSR count). The first-order valence-electron chi connectivity index (χ1n) is 6.60. The molecular formula is C14H20N2S. The van der Waals surface area contributed by atoms with Gasteiger partial charge in [-0.25, -0.2) is 4.98 Å². The molecule has 0 aliphatic carbocycles. The van der Waals surface area contributed by atoms with E-state index in [0.717, 1.165) is 11.8 Å². The highest BCUT2D eigenvalue weighted by molar-refractivity contribution is 7.99. The molecule has 0 N–H and O–H groups in total. The number of rotatable bonds is 1. The van der Waals surface area contributed by atoms with Crippen LogP contribution in [0.2, 0.25) is 0 Å². The van der Waals surface area contributed by atoms with E-state index in [-0.39, 0.29) is 0 Å². The summed E-state index contributed by atoms with van der Waals surface area (Å²) < 4.78 is 0. The maximum Gasteiger partial charge on any atom is 0.142 e. The molecule has 0 radical (unpaired) electrons. The Kier molecular flexibility index (Phi) is 3.03. The van der Waals surface area contributed by atoms with Gasteiger partial charge in [0.05, 0.1) is 4.90 Å². The van der Waals surface area contributed by atoms with Crippen LogP contribution < -0.4 is 4.90 Å². The van der Waals surface area contributed by atoms with Gasteiger partial charge in [0.15, 0.2) is 0 Å². The third kappa shape index (κ3) is 2.05. The van der Waals surface area contributed by atoms with Gasteiger partial charge in [0.1, 0.15) is 5.82 Å². The van der Waals surface area contributed by atoms with Crippen LogP contribution in [-0.4, -0.2) is 23.3 Å². The molecule has 1 saturated heterocycles. The molecule has 2 aliphatic rings. The topological polar surface area (TPSA) is 16.1 Å². The summed E-state index contributed by atoms with van der Waals surface area (Å²) >= 11 is 1.98. The zero-order valence-electron chi connectivity index (χ0n) is 10.6. The molecule has 0 aromatic carbocycles. The number of anilines is 1. The highest BCUT2D eigenvalue weighted by atomic mass is 32.2. The van der Waals surface area contributed by atoms with Crippen molar-refractivity contribution in [2.45, 2.75) is 37.6 Å². The van der Waals surface area contributed by atoms with Crippen LogP contribution in [0.5, 0.6) is 0 Å². The van der Waals surface area contributed by atoms with Crippen LogP contribution in [0.15, 0.2) is 23.2 Å². The standard InChI is InChI=1S/C14H20N2S/c1-10(2)11-5-7-16-12(8-11)9-17-13-4-3-6-15-14(13)16/h3-4,6,10-12H,5,7-9H2,1-2H3/t11?,12-/m1/s1. The van der Waals surface area contributed by atoms with E-state index in [1.807, 2.05) is 24.0 Å². The van der Waals surface area contributed by atoms with Gasteiger partial charge in [-0.05, 0) is 36.8 Å². The third-order valence-electron chi connectivity index (χ3n) is 4.15. The summed E-state index contributed by atoms with van der Waals surface area (Å²) in [7, 11) is 0. The van der Waals surface area contributed by atoms with Crippen molar-refractivity contribution in [3.05, 3.63) is 18.3 Å². The molecule has 1 aromatic rings. The number of hydrogen-bond donors (Lipinski definition) is 0. The summed E-state index contributed by atoms with van der Waals surface area (Å²) in [6, 6.07) is 4.97. The molecule has 3 heteroatoms. The zero-order valence-corrected chi connectivity index (χ0v) is 11.4. The number of hydrogen-bond acceptors (Lipinski definition) is 3. The molecule has 3 heterocycles. The number of piperidine rings is 1. The van der Waals surface area contributed by atoms with Gasteiger partial charge in [0.25, 0.3) is 0 Å². The van der Waals surface area contributed by atoms with Crippen LogP contribution in [-0.2, 0) is 0 Å². The molecule has 0 spiro atoms. The van der Waals surface area contributed by atoms with Crippen molar-refractivity contribution in [1.82, 2.24) is 4.98 Å². The molecular weight excluding hydrogens is 228 g/mol. The van der Waals surface area contributed by atoms with E-state index in [4.69, 9.17) is 0 Å². The van der Waals surface area contributed by atoms with Gasteiger partial charge < -0.3 is 4.90 Å². The summed E-state index contributed by atoms with van der Waals surface area (Å²) in [5, 5.41) is 0. The molecule has 1 aromatic heterocycles. The Labute approximate surface area is 108 Å². The summed E-state index contributed by atoms with van der Waals surface area (Å²) in [6.45, 7) is 5.92. The Hall–Kier alpha value is -0.700. The van der Waals surface area contributed by atoms with Crippen molar-refractivity contribution < 1.29 is 0 Å². The Bertz CT molecular complexity index is 405. The van der Waals surface area contributed by atoms with Crippen LogP contribution in [0.25, 0.3) is 0 Å². The van der Waals surface area contributed by atoms with Crippen LogP contribution in [0.3, 0.4) is 0 Å². The van der Waals surface area contributed by atoms with Crippen molar-refractivity contribution in [2.75, 3.05) is 17.2 Å². The molecule has 17 heavy (non-hydrogen) atoms. The monoisotopic (exact) mass is 248 g/mol. The molecule has 2 nitrogen and oxygen atoms in total. The second-order valence-corrected chi connectivity index (χ2v) is 6.57. The Morgan fingerprint density at radius 3 is 3.18 bits per heavy atom. The normalized spacial score (nSPS) is 27.8. The largest absolute Gasteiger partial charge is 0.352 e. The van der Waals surface area contributed by atoms with E-state index in [1.54, 1.807) is 0 Å². The fourth-order valence-corrected chi connectivity index (χ4v) is 4.18. The lowest BCUT2D eigenvalue weighted by Gasteiger charge is -2.44. The van der Waals surface area contributed by atoms with Crippen molar-refractivity contribution in [2.24, 2.45) is 11.8 Å². The van der Waals surface area contributed by atoms with E-state index in [2.05, 4.69) is 29.8 Å². The third-order valence-corrected chi connectivity index (χ3v) is 5.33. The minimum absolute atomic E-state index is 0.712. The lowest BCUT2D eigenvalue weighted by molar-refractivity contribution is 0.277. The summed E-state index contributed by atoms with van der Waals surface area (Å²) in [5.74, 6) is 4.20. The number of fused-ring (bicyclic) bond motifs is 3. The first-order chi connectivity index (χ1) is 8.25. The molecule has 1 unspecified atom stereocenters. The zero-order chi connectivity index (χ0) is 11.8. The van der Waals surface area contributed by atoms with Gasteiger partial charge in [-0.2, -0.15) is 0 Å². The van der Waals surface area contributed by atoms with E-state index in [0.29, 0.717) is 6.04 Å². The second-order valence-electron chi connectivity index (χ2n) is 5.51. The van der Waals surface area contributed by atoms with Gasteiger partial charge in [-0.3, -0.25) is 0 Å². The van der Waals surface area contributed by atoms with Gasteiger partial charge in [-0.1, -0.05) is 13.8 Å². The van der Waals surface area contributed by atoms with E-state index >= 15 is 0 Å². The molecule has 1 fully saturated rings. The molecule has 92 valence electrons. The van der Waals surface area contributed by atoms with Crippen molar-refractivity contribution >= 4 is 17.6 Å². The van der Waals surface area contributed by atoms with Gasteiger partial charge in [0.2, 0.25) is 0 Å². The smallest absolute Gasteiger partial charge is 0.142 e. The number of aromatic nitrogens is 1. The van der Waals surface area contributed by atoms with Crippen LogP contribution >= 0.6 is 11.8 Å². The summed E-state index contributed by atoms with van der Waals surface area (Å²) in [5.41, 5.74) is 0. The summed E-state index contributed by atoms with van der Waals surface area (Å²) in [6.07, 6.45) is 4.60. The van der Waals surface area contributed by atoms with Gasteiger partial charge >= 0.3 is 0 Å². The average Bonchev–Trinajstić information content (AvgIpc) is 2.38. The molecule has 2 aliphatic heterocycles. The Morgan fingerprint density at radius 1 is 1.47 bits per heavy atom. The van der Waals surface area contributed by atoms with Crippen molar-refractivity contribution in [3.63, 3.8) is 0 Å². The van der Waals surface area contributed by atoms with E-state index < -0.39 is 0 Å². The van der Waals surface area contributed by atoms with E-state index in [1.165, 1.54) is 35.9 Å². The molecule has 0 bridgehead atoms. The predicted octanol–water partition coefficient (Wildman–Crippen LogP) is 3.43. The molecule has 0 amide bonds. The predicted molar refractivity (Wildman–Crippen MR) is 73.7 cm³/mol. The molecule has 2 atom stereocenters. The Balaban J connectivity index is 1.83. The van der Waals surface area contributed by atoms with Crippen molar-refractivity contribution in [1.29, 1.82) is 0 Å². The highest BCUT2D eigenvalue weighted by Crippen LogP contribution is 2.41. The maximum atomic E-state index is 4.58. The fraction of sp³-hybridized carbons (Fsp3) is 0.643. The minimum atomic E-state index is 0.712. The van der Waals surface area contributed by atoms with Crippen molar-refractivity contribution in [3.8, 4) is 0 Å². The van der Waals surface area contributed by atoms with Crippen LogP contribution in [0.1, 0.15) is 26.7 Å². The van der Waals surface area contributed by atoms with Crippen LogP contribution in [0.4, 0.5) is 5.82 Å². The lowest BCUT2D eigenvalue weighted by Crippen LogP contribution is -2.47. The highest BCUT2D eigenvalue weighted by Gasteiger charge is 2.34. The van der Waals surface area contributed by atoms with Gasteiger partial charge in [0, 0.05) is 24.5 Å². The SMILES string of the molecule is CC(C)C1CCN2c3ncccc3SC[C@H]2C1. The van der Waals surface area contributed by atoms with Gasteiger partial charge in [-0.15, -0.1) is 11.8 Å². The first kappa shape index (κ1) is 11.4. The minimum Gasteiger partial charge on any atom is -0.352 e. The number of nitrogens with zero attached hydrogens (tertiary/aromatic N) is 2. The Morgan fingerprint density at radius 2 is 2.35 bits per heavy atom. The number of thioether (sulfide) groups is 1. The fourth-order valence-electron chi connectivity index (χ4n) is 3.02. The van der Waals surface area contributed by atoms with Crippen LogP contribution in [0, 0.1) is 11.8 Å². The lowest BCUT2D eigenvalue weighted by atomic mass is 9.83. The van der Waals surface area contributed by atoms with E-state index in [9.17, 15) is 0 Å². The quantitative estimate of drug-likeness (QED) is 0.757. The average molecular weight is 248 g/mol. The first-order valence-corrected chi connectivity index (χ1v) is 7.58. The number of pyridine rings is 1. The maximum absolute atomic E-state index is 4.58.